The van der Waals surface area contributed by atoms with Crippen LogP contribution in [0.5, 0.6) is 0 Å². The van der Waals surface area contributed by atoms with Crippen molar-refractivity contribution in [2.45, 2.75) is 76.3 Å². The maximum Gasteiger partial charge on any atom is 0.321 e. The number of carbonyl (C=O) groups excluding carboxylic acids is 2. The van der Waals surface area contributed by atoms with Crippen LogP contribution in [-0.4, -0.2) is 42.6 Å². The minimum atomic E-state index is 0.0505. The van der Waals surface area contributed by atoms with Gasteiger partial charge in [-0.3, -0.25) is 4.79 Å². The maximum absolute atomic E-state index is 13.5. The second-order valence-corrected chi connectivity index (χ2v) is 8.10. The number of nitrogens with one attached hydrogen (secondary N) is 1. The summed E-state index contributed by atoms with van der Waals surface area (Å²) < 4.78 is 0.0505. The topological polar surface area (TPSA) is 49.4 Å². The highest BCUT2D eigenvalue weighted by molar-refractivity contribution is 5.95. The van der Waals surface area contributed by atoms with Crippen LogP contribution in [0.15, 0.2) is 30.3 Å². The Balaban J connectivity index is 1.84. The van der Waals surface area contributed by atoms with Crippen LogP contribution in [0.25, 0.3) is 0 Å². The molecule has 2 amide bonds. The van der Waals surface area contributed by atoms with Crippen LogP contribution in [0.2, 0.25) is 0 Å². The Kier molecular flexibility index (Phi) is 7.02. The van der Waals surface area contributed by atoms with Gasteiger partial charge in [0, 0.05) is 31.6 Å². The third-order valence-corrected chi connectivity index (χ3v) is 6.47. The molecule has 5 nitrogen and oxygen atoms in total. The molecular formula is C22H34N3O2+. The van der Waals surface area contributed by atoms with E-state index in [4.69, 9.17) is 0 Å². The van der Waals surface area contributed by atoms with Crippen LogP contribution in [0.1, 0.15) is 64.2 Å². The number of para-hydroxylation sites is 1. The van der Waals surface area contributed by atoms with E-state index in [2.05, 4.69) is 5.43 Å². The summed E-state index contributed by atoms with van der Waals surface area (Å²) in [4.78, 5) is 27.7. The molecule has 0 saturated heterocycles. The van der Waals surface area contributed by atoms with E-state index >= 15 is 0 Å². The third-order valence-electron chi connectivity index (χ3n) is 6.47. The minimum absolute atomic E-state index is 0.0505. The standard InChI is InChI=1S/C22H34N3O2/c1-23-25(18-26,21-15-9-4-10-16-21)17-22(27)24(19-11-5-2-6-12-19)20-13-7-3-8-14-20/h2,5-6,11-12,18,20-21,23H,3-4,7-10,13-17H2,1H3/q+1. The van der Waals surface area contributed by atoms with Crippen molar-refractivity contribution < 1.29 is 14.2 Å². The van der Waals surface area contributed by atoms with Gasteiger partial charge in [-0.15, -0.1) is 0 Å². The zero-order chi connectivity index (χ0) is 19.1. The maximum atomic E-state index is 13.5. The fraction of sp³-hybridized carbons (Fsp3) is 0.636. The molecule has 2 saturated carbocycles. The highest BCUT2D eigenvalue weighted by atomic mass is 16.2. The highest BCUT2D eigenvalue weighted by Gasteiger charge is 2.42. The molecule has 148 valence electrons. The summed E-state index contributed by atoms with van der Waals surface area (Å²) in [5, 5.41) is 0. The summed E-state index contributed by atoms with van der Waals surface area (Å²) >= 11 is 0. The molecule has 0 aliphatic heterocycles. The predicted octanol–water partition coefficient (Wildman–Crippen LogP) is 3.79. The molecule has 2 aliphatic carbocycles. The van der Waals surface area contributed by atoms with Gasteiger partial charge in [-0.25, -0.2) is 4.79 Å². The van der Waals surface area contributed by atoms with E-state index in [0.29, 0.717) is 0 Å². The lowest BCUT2D eigenvalue weighted by Crippen LogP contribution is -2.66. The lowest BCUT2D eigenvalue weighted by Gasteiger charge is -2.41. The molecule has 0 spiro atoms. The number of benzene rings is 1. The molecule has 0 bridgehead atoms. The summed E-state index contributed by atoms with van der Waals surface area (Å²) in [5.74, 6) is 0.0557. The van der Waals surface area contributed by atoms with E-state index in [1.165, 1.54) is 25.7 Å². The van der Waals surface area contributed by atoms with Crippen molar-refractivity contribution in [1.82, 2.24) is 5.43 Å². The Bertz CT molecular complexity index is 609. The van der Waals surface area contributed by atoms with Crippen molar-refractivity contribution in [3.05, 3.63) is 30.3 Å². The summed E-state index contributed by atoms with van der Waals surface area (Å²) in [6, 6.07) is 10.4. The minimum Gasteiger partial charge on any atom is -0.304 e. The molecule has 2 fully saturated rings. The number of quaternary nitrogens is 1. The van der Waals surface area contributed by atoms with Crippen LogP contribution in [0.4, 0.5) is 5.69 Å². The second-order valence-electron chi connectivity index (χ2n) is 8.10. The molecule has 3 rings (SSSR count). The van der Waals surface area contributed by atoms with E-state index in [0.717, 1.165) is 50.6 Å². The summed E-state index contributed by atoms with van der Waals surface area (Å²) in [6.45, 7) is 0.191. The largest absolute Gasteiger partial charge is 0.321 e. The zero-order valence-corrected chi connectivity index (χ0v) is 16.6. The van der Waals surface area contributed by atoms with Gasteiger partial charge in [0.05, 0.1) is 0 Å². The van der Waals surface area contributed by atoms with Gasteiger partial charge >= 0.3 is 6.41 Å². The number of amides is 2. The molecule has 5 heteroatoms. The molecular weight excluding hydrogens is 338 g/mol. The molecule has 0 heterocycles. The van der Waals surface area contributed by atoms with Crippen LogP contribution in [-0.2, 0) is 9.59 Å². The van der Waals surface area contributed by atoms with Crippen molar-refractivity contribution >= 4 is 18.0 Å². The van der Waals surface area contributed by atoms with E-state index < -0.39 is 0 Å². The van der Waals surface area contributed by atoms with Gasteiger partial charge in [0.1, 0.15) is 6.04 Å². The quantitative estimate of drug-likeness (QED) is 0.450. The van der Waals surface area contributed by atoms with Gasteiger partial charge in [-0.2, -0.15) is 10.0 Å². The fourth-order valence-corrected chi connectivity index (χ4v) is 4.89. The summed E-state index contributed by atoms with van der Waals surface area (Å²) in [6.07, 6.45) is 12.1. The number of anilines is 1. The van der Waals surface area contributed by atoms with Crippen molar-refractivity contribution in [3.8, 4) is 0 Å². The Morgan fingerprint density at radius 2 is 1.63 bits per heavy atom. The Morgan fingerprint density at radius 3 is 2.19 bits per heavy atom. The lowest BCUT2D eigenvalue weighted by atomic mass is 9.92. The van der Waals surface area contributed by atoms with Gasteiger partial charge in [-0.1, -0.05) is 43.9 Å². The molecule has 27 heavy (non-hydrogen) atoms. The fourth-order valence-electron chi connectivity index (χ4n) is 4.89. The Hall–Kier alpha value is -1.72. The third kappa shape index (κ3) is 4.58. The first-order valence-electron chi connectivity index (χ1n) is 10.6. The first-order chi connectivity index (χ1) is 13.2. The van der Waals surface area contributed by atoms with Crippen LogP contribution >= 0.6 is 0 Å². The SMILES string of the molecule is CN[N+](C=O)(CC(=O)N(c1ccccc1)C1CCCCC1)C1CCCCC1. The average Bonchev–Trinajstić information content (AvgIpc) is 2.74. The number of nitrogens with zero attached hydrogens (tertiary/aromatic N) is 2. The Morgan fingerprint density at radius 1 is 1.04 bits per heavy atom. The van der Waals surface area contributed by atoms with Crippen molar-refractivity contribution in [2.75, 3.05) is 18.5 Å². The molecule has 1 atom stereocenters. The van der Waals surface area contributed by atoms with Crippen LogP contribution < -0.4 is 10.3 Å². The predicted molar refractivity (Wildman–Crippen MR) is 108 cm³/mol. The summed E-state index contributed by atoms with van der Waals surface area (Å²) in [7, 11) is 1.81. The lowest BCUT2D eigenvalue weighted by molar-refractivity contribution is -0.906. The monoisotopic (exact) mass is 372 g/mol. The smallest absolute Gasteiger partial charge is 0.304 e. The van der Waals surface area contributed by atoms with E-state index in [9.17, 15) is 9.59 Å². The molecule has 1 N–H and O–H groups in total. The first kappa shape index (κ1) is 20.0. The van der Waals surface area contributed by atoms with Crippen LogP contribution in [0.3, 0.4) is 0 Å². The van der Waals surface area contributed by atoms with Crippen molar-refractivity contribution in [3.63, 3.8) is 0 Å². The van der Waals surface area contributed by atoms with E-state index in [1.807, 2.05) is 42.3 Å². The van der Waals surface area contributed by atoms with Gasteiger partial charge in [0.15, 0.2) is 6.54 Å². The van der Waals surface area contributed by atoms with E-state index in [1.54, 1.807) is 0 Å². The zero-order valence-electron chi connectivity index (χ0n) is 16.6. The van der Waals surface area contributed by atoms with Gasteiger partial charge in [-0.05, 0) is 37.8 Å². The first-order valence-corrected chi connectivity index (χ1v) is 10.6. The second kappa shape index (κ2) is 9.47. The number of hydrogen-bond acceptors (Lipinski definition) is 3. The number of rotatable bonds is 7. The molecule has 1 aromatic rings. The van der Waals surface area contributed by atoms with Gasteiger partial charge in [0.2, 0.25) is 0 Å². The normalized spacial score (nSPS) is 21.4. The molecule has 2 aliphatic rings. The molecule has 1 aromatic carbocycles. The number of hydrogen-bond donors (Lipinski definition) is 1. The Labute approximate surface area is 163 Å². The van der Waals surface area contributed by atoms with Crippen molar-refractivity contribution in [2.24, 2.45) is 0 Å². The van der Waals surface area contributed by atoms with Gasteiger partial charge < -0.3 is 4.90 Å². The molecule has 0 radical (unpaired) electrons. The average molecular weight is 373 g/mol. The highest BCUT2D eigenvalue weighted by Crippen LogP contribution is 2.30. The van der Waals surface area contributed by atoms with Crippen molar-refractivity contribution in [1.29, 1.82) is 0 Å². The number of carbonyl (C=O) groups is 2. The molecule has 1 unspecified atom stereocenters. The summed E-state index contributed by atoms with van der Waals surface area (Å²) in [5.41, 5.74) is 4.15. The molecule has 0 aromatic heterocycles. The van der Waals surface area contributed by atoms with Crippen LogP contribution in [0, 0.1) is 0 Å². The van der Waals surface area contributed by atoms with E-state index in [-0.39, 0.29) is 29.1 Å². The van der Waals surface area contributed by atoms with Gasteiger partial charge in [0.25, 0.3) is 5.91 Å².